The number of rotatable bonds is 4. The maximum absolute atomic E-state index is 4.75. The highest BCUT2D eigenvalue weighted by Gasteiger charge is 2.12. The van der Waals surface area contributed by atoms with Crippen LogP contribution in [0.15, 0.2) is 58.8 Å². The second kappa shape index (κ2) is 7.67. The van der Waals surface area contributed by atoms with Crippen LogP contribution < -0.4 is 10.6 Å². The summed E-state index contributed by atoms with van der Waals surface area (Å²) in [6, 6.07) is 12.8. The van der Waals surface area contributed by atoms with E-state index in [-0.39, 0.29) is 0 Å². The second-order valence-electron chi connectivity index (χ2n) is 7.41. The van der Waals surface area contributed by atoms with Gasteiger partial charge in [0.05, 0.1) is 0 Å². The Morgan fingerprint density at radius 3 is 2.93 bits per heavy atom. The van der Waals surface area contributed by atoms with E-state index in [2.05, 4.69) is 68.9 Å². The average molecular weight is 400 g/mol. The molecule has 0 saturated carbocycles. The summed E-state index contributed by atoms with van der Waals surface area (Å²) < 4.78 is 2.02. The molecule has 0 aliphatic carbocycles. The summed E-state index contributed by atoms with van der Waals surface area (Å²) in [6.45, 7) is 4.74. The van der Waals surface area contributed by atoms with Gasteiger partial charge in [0.1, 0.15) is 23.0 Å². The van der Waals surface area contributed by atoms with Crippen LogP contribution in [-0.4, -0.2) is 52.7 Å². The van der Waals surface area contributed by atoms with E-state index in [1.165, 1.54) is 5.39 Å². The number of benzene rings is 1. The van der Waals surface area contributed by atoms with E-state index in [1.807, 2.05) is 16.8 Å². The first-order valence-corrected chi connectivity index (χ1v) is 10.4. The van der Waals surface area contributed by atoms with Crippen molar-refractivity contribution in [2.24, 2.45) is 9.98 Å². The van der Waals surface area contributed by atoms with E-state index >= 15 is 0 Å². The highest BCUT2D eigenvalue weighted by Crippen LogP contribution is 2.26. The van der Waals surface area contributed by atoms with E-state index < -0.39 is 0 Å². The fourth-order valence-electron chi connectivity index (χ4n) is 3.87. The van der Waals surface area contributed by atoms with Crippen LogP contribution >= 0.6 is 0 Å². The molecule has 0 unspecified atom stereocenters. The molecule has 1 aliphatic heterocycles. The largest absolute Gasteiger partial charge is 0.370 e. The number of fused-ring (bicyclic) bond motifs is 2. The third-order valence-electron chi connectivity index (χ3n) is 5.37. The predicted octanol–water partition coefficient (Wildman–Crippen LogP) is 3.21. The van der Waals surface area contributed by atoms with Crippen molar-refractivity contribution in [2.75, 3.05) is 26.7 Å². The van der Waals surface area contributed by atoms with Gasteiger partial charge in [-0.1, -0.05) is 12.1 Å². The third kappa shape index (κ3) is 3.32. The van der Waals surface area contributed by atoms with Crippen molar-refractivity contribution < 1.29 is 0 Å². The van der Waals surface area contributed by atoms with Crippen molar-refractivity contribution >= 4 is 28.2 Å². The van der Waals surface area contributed by atoms with E-state index in [0.717, 1.165) is 71.4 Å². The van der Waals surface area contributed by atoms with Gasteiger partial charge in [0.25, 0.3) is 0 Å². The molecule has 3 aromatic heterocycles. The fraction of sp³-hybridized carbons (Fsp3) is 0.261. The summed E-state index contributed by atoms with van der Waals surface area (Å²) in [4.78, 5) is 17.2. The monoisotopic (exact) mass is 399 g/mol. The lowest BCUT2D eigenvalue weighted by Crippen LogP contribution is -2.30. The number of aliphatic imine (C=N–C) groups is 2. The lowest BCUT2D eigenvalue weighted by Gasteiger charge is -2.14. The molecule has 0 atom stereocenters. The van der Waals surface area contributed by atoms with Gasteiger partial charge < -0.3 is 20.0 Å². The van der Waals surface area contributed by atoms with Gasteiger partial charge in [0.15, 0.2) is 0 Å². The zero-order valence-electron chi connectivity index (χ0n) is 17.2. The number of aromatic amines is 1. The Balaban J connectivity index is 1.50. The van der Waals surface area contributed by atoms with E-state index in [9.17, 15) is 0 Å². The summed E-state index contributed by atoms with van der Waals surface area (Å²) >= 11 is 0. The molecular weight excluding hydrogens is 374 g/mol. The van der Waals surface area contributed by atoms with Crippen LogP contribution in [0.1, 0.15) is 24.6 Å². The molecule has 3 N–H and O–H groups in total. The number of amidine groups is 2. The molecule has 7 nitrogen and oxygen atoms in total. The van der Waals surface area contributed by atoms with Crippen molar-refractivity contribution in [3.8, 4) is 11.3 Å². The predicted molar refractivity (Wildman–Crippen MR) is 123 cm³/mol. The summed E-state index contributed by atoms with van der Waals surface area (Å²) in [5, 5.41) is 7.84. The Kier molecular flexibility index (Phi) is 4.71. The number of nitrogens with one attached hydrogen (secondary N) is 3. The molecule has 0 fully saturated rings. The molecule has 0 spiro atoms. The van der Waals surface area contributed by atoms with Gasteiger partial charge >= 0.3 is 0 Å². The van der Waals surface area contributed by atoms with Gasteiger partial charge in [-0.05, 0) is 37.6 Å². The van der Waals surface area contributed by atoms with Crippen molar-refractivity contribution in [3.63, 3.8) is 0 Å². The molecule has 1 aromatic carbocycles. The maximum atomic E-state index is 4.75. The molecule has 4 aromatic rings. The number of hydrogen-bond donors (Lipinski definition) is 3. The minimum atomic E-state index is 0.806. The maximum Gasteiger partial charge on any atom is 0.148 e. The van der Waals surface area contributed by atoms with Crippen LogP contribution in [0.3, 0.4) is 0 Å². The topological polar surface area (TPSA) is 81.9 Å². The van der Waals surface area contributed by atoms with Crippen molar-refractivity contribution in [3.05, 3.63) is 60.0 Å². The van der Waals surface area contributed by atoms with Crippen LogP contribution in [0.4, 0.5) is 0 Å². The minimum absolute atomic E-state index is 0.806. The normalized spacial score (nSPS) is 14.7. The van der Waals surface area contributed by atoms with Crippen LogP contribution in [0.25, 0.3) is 27.8 Å². The molecule has 0 bridgehead atoms. The molecule has 4 heterocycles. The van der Waals surface area contributed by atoms with Gasteiger partial charge in [0.2, 0.25) is 0 Å². The summed E-state index contributed by atoms with van der Waals surface area (Å²) in [6.07, 6.45) is 5.13. The van der Waals surface area contributed by atoms with Gasteiger partial charge in [-0.15, -0.1) is 0 Å². The van der Waals surface area contributed by atoms with Crippen LogP contribution in [0.5, 0.6) is 0 Å². The Morgan fingerprint density at radius 2 is 2.13 bits per heavy atom. The van der Waals surface area contributed by atoms with Gasteiger partial charge in [-0.25, -0.2) is 4.98 Å². The Morgan fingerprint density at radius 1 is 1.20 bits per heavy atom. The molecule has 0 amide bonds. The molecule has 5 rings (SSSR count). The molecule has 0 radical (unpaired) electrons. The standard InChI is InChI=1S/C23H25N7/c1-3-25-23(24-2)20-14-30-10-7-16(13-21(30)29-20)18-11-15-5-6-17(12-19(15)28-18)22-26-8-4-9-27-22/h5-7,10-14,28H,3-4,8-9H2,1-2H3,(H,24,25)(H,26,27). The van der Waals surface area contributed by atoms with E-state index in [0.29, 0.717) is 0 Å². The van der Waals surface area contributed by atoms with E-state index in [1.54, 1.807) is 7.05 Å². The molecule has 30 heavy (non-hydrogen) atoms. The molecular formula is C23H25N7. The first-order valence-electron chi connectivity index (χ1n) is 10.4. The molecule has 1 aliphatic rings. The van der Waals surface area contributed by atoms with Crippen LogP contribution in [0.2, 0.25) is 0 Å². The van der Waals surface area contributed by atoms with Crippen LogP contribution in [0, 0.1) is 0 Å². The van der Waals surface area contributed by atoms with Crippen molar-refractivity contribution in [2.45, 2.75) is 13.3 Å². The highest BCUT2D eigenvalue weighted by molar-refractivity contribution is 6.02. The van der Waals surface area contributed by atoms with Crippen molar-refractivity contribution in [1.82, 2.24) is 25.0 Å². The third-order valence-corrected chi connectivity index (χ3v) is 5.37. The highest BCUT2D eigenvalue weighted by atomic mass is 15.1. The zero-order chi connectivity index (χ0) is 20.5. The lowest BCUT2D eigenvalue weighted by atomic mass is 10.1. The molecule has 0 saturated heterocycles. The first kappa shape index (κ1) is 18.4. The van der Waals surface area contributed by atoms with Gasteiger partial charge in [-0.2, -0.15) is 0 Å². The Bertz CT molecular complexity index is 1280. The van der Waals surface area contributed by atoms with Gasteiger partial charge in [-0.3, -0.25) is 9.98 Å². The fourth-order valence-corrected chi connectivity index (χ4v) is 3.87. The zero-order valence-corrected chi connectivity index (χ0v) is 17.2. The molecule has 7 heteroatoms. The number of H-pyrrole nitrogens is 1. The second-order valence-corrected chi connectivity index (χ2v) is 7.41. The first-order chi connectivity index (χ1) is 14.7. The summed E-state index contributed by atoms with van der Waals surface area (Å²) in [7, 11) is 1.78. The number of imidazole rings is 1. The van der Waals surface area contributed by atoms with Crippen molar-refractivity contribution in [1.29, 1.82) is 0 Å². The Hall–Kier alpha value is -3.61. The summed E-state index contributed by atoms with van der Waals surface area (Å²) in [5.41, 5.74) is 6.14. The number of hydrogen-bond acceptors (Lipinski definition) is 4. The number of pyridine rings is 1. The molecule has 152 valence electrons. The minimum Gasteiger partial charge on any atom is -0.370 e. The Labute approximate surface area is 175 Å². The quantitative estimate of drug-likeness (QED) is 0.364. The van der Waals surface area contributed by atoms with E-state index in [4.69, 9.17) is 4.98 Å². The summed E-state index contributed by atoms with van der Waals surface area (Å²) in [5.74, 6) is 1.79. The number of nitrogens with zero attached hydrogens (tertiary/aromatic N) is 4. The average Bonchev–Trinajstić information content (AvgIpc) is 3.41. The van der Waals surface area contributed by atoms with Gasteiger partial charge in [0, 0.05) is 66.8 Å². The lowest BCUT2D eigenvalue weighted by molar-refractivity contribution is 0.742. The smallest absolute Gasteiger partial charge is 0.148 e. The van der Waals surface area contributed by atoms with Crippen LogP contribution in [-0.2, 0) is 0 Å². The number of aromatic nitrogens is 3. The SMILES string of the molecule is CCNC(=NC)c1cn2ccc(-c3cc4ccc(C5=NCCCN5)cc4[nH]3)cc2n1.